The number of anilines is 1. The fraction of sp³-hybridized carbons (Fsp3) is 0.278. The molecule has 0 unspecified atom stereocenters. The van der Waals surface area contributed by atoms with E-state index < -0.39 is 20.0 Å². The van der Waals surface area contributed by atoms with Crippen LogP contribution in [0.4, 0.5) is 5.69 Å². The molecule has 1 saturated heterocycles. The molecule has 0 aliphatic carbocycles. The number of carbonyl (C=O) groups excluding carboxylic acids is 1. The highest BCUT2D eigenvalue weighted by Crippen LogP contribution is 2.27. The summed E-state index contributed by atoms with van der Waals surface area (Å²) in [5, 5.41) is 0.303. The summed E-state index contributed by atoms with van der Waals surface area (Å²) in [7, 11) is -6.73. The third-order valence-electron chi connectivity index (χ3n) is 4.54. The van der Waals surface area contributed by atoms with Gasteiger partial charge in [0.15, 0.2) is 0 Å². The van der Waals surface area contributed by atoms with Crippen molar-refractivity contribution in [1.82, 2.24) is 9.62 Å². The van der Waals surface area contributed by atoms with Crippen LogP contribution in [0.15, 0.2) is 52.3 Å². The van der Waals surface area contributed by atoms with E-state index in [1.165, 1.54) is 43.4 Å². The maximum Gasteiger partial charge on any atom is 0.261 e. The maximum absolute atomic E-state index is 12.9. The first-order chi connectivity index (χ1) is 13.6. The number of amides is 1. The van der Waals surface area contributed by atoms with Gasteiger partial charge in [0.2, 0.25) is 10.0 Å². The Kier molecular flexibility index (Phi) is 6.18. The predicted molar refractivity (Wildman–Crippen MR) is 110 cm³/mol. The van der Waals surface area contributed by atoms with E-state index in [1.54, 1.807) is 4.90 Å². The fourth-order valence-corrected chi connectivity index (χ4v) is 5.15. The molecule has 1 heterocycles. The lowest BCUT2D eigenvalue weighted by Crippen LogP contribution is -2.29. The number of sulfonamides is 2. The molecule has 2 aromatic carbocycles. The van der Waals surface area contributed by atoms with Crippen LogP contribution in [0.25, 0.3) is 0 Å². The monoisotopic (exact) mass is 457 g/mol. The zero-order chi connectivity index (χ0) is 21.2. The summed E-state index contributed by atoms with van der Waals surface area (Å²) in [6.07, 6.45) is 1.78. The summed E-state index contributed by atoms with van der Waals surface area (Å²) in [4.78, 5) is 14.0. The Morgan fingerprint density at radius 2 is 1.59 bits per heavy atom. The molecule has 11 heteroatoms. The average molecular weight is 458 g/mol. The zero-order valence-electron chi connectivity index (χ0n) is 15.6. The van der Waals surface area contributed by atoms with Crippen molar-refractivity contribution in [1.29, 1.82) is 0 Å². The molecule has 0 aromatic heterocycles. The Labute approximate surface area is 175 Å². The molecular weight excluding hydrogens is 438 g/mol. The summed E-state index contributed by atoms with van der Waals surface area (Å²) in [6.45, 7) is 1.20. The van der Waals surface area contributed by atoms with E-state index in [2.05, 4.69) is 9.44 Å². The molecule has 0 spiro atoms. The number of benzene rings is 2. The SMILES string of the molecule is CNS(=O)(=O)c1cccc(S(=O)(=O)Nc2ccc(Cl)cc2C(=O)N2CCCC2)c1. The number of nitrogens with one attached hydrogen (secondary N) is 2. The molecule has 2 aromatic rings. The molecule has 1 aliphatic heterocycles. The molecule has 1 fully saturated rings. The molecule has 29 heavy (non-hydrogen) atoms. The van der Waals surface area contributed by atoms with Gasteiger partial charge in [-0.05, 0) is 56.3 Å². The third kappa shape index (κ3) is 4.72. The molecule has 8 nitrogen and oxygen atoms in total. The van der Waals surface area contributed by atoms with Crippen molar-refractivity contribution in [3.63, 3.8) is 0 Å². The molecule has 0 atom stereocenters. The van der Waals surface area contributed by atoms with Crippen LogP contribution >= 0.6 is 11.6 Å². The van der Waals surface area contributed by atoms with Crippen LogP contribution in [0.2, 0.25) is 5.02 Å². The van der Waals surface area contributed by atoms with Gasteiger partial charge in [0, 0.05) is 18.1 Å². The lowest BCUT2D eigenvalue weighted by Gasteiger charge is -2.19. The first-order valence-electron chi connectivity index (χ1n) is 8.79. The minimum atomic E-state index is -4.15. The second-order valence-electron chi connectivity index (χ2n) is 6.48. The molecular formula is C18H20ClN3O5S2. The van der Waals surface area contributed by atoms with Crippen molar-refractivity contribution in [3.8, 4) is 0 Å². The van der Waals surface area contributed by atoms with E-state index in [-0.39, 0.29) is 26.9 Å². The molecule has 0 saturated carbocycles. The van der Waals surface area contributed by atoms with Crippen LogP contribution in [0.1, 0.15) is 23.2 Å². The molecule has 0 radical (unpaired) electrons. The Hall–Kier alpha value is -2.14. The quantitative estimate of drug-likeness (QED) is 0.691. The number of hydrogen-bond donors (Lipinski definition) is 2. The van der Waals surface area contributed by atoms with Gasteiger partial charge < -0.3 is 4.90 Å². The third-order valence-corrected chi connectivity index (χ3v) is 7.55. The normalized spacial score (nSPS) is 14.8. The van der Waals surface area contributed by atoms with Gasteiger partial charge in [-0.3, -0.25) is 9.52 Å². The maximum atomic E-state index is 12.9. The van der Waals surface area contributed by atoms with Gasteiger partial charge in [0.25, 0.3) is 15.9 Å². The number of hydrogen-bond acceptors (Lipinski definition) is 5. The summed E-state index contributed by atoms with van der Waals surface area (Å²) in [6, 6.07) is 9.24. The summed E-state index contributed by atoms with van der Waals surface area (Å²) < 4.78 is 54.2. The lowest BCUT2D eigenvalue weighted by molar-refractivity contribution is 0.0794. The van der Waals surface area contributed by atoms with E-state index in [1.807, 2.05) is 0 Å². The number of nitrogens with zero attached hydrogens (tertiary/aromatic N) is 1. The lowest BCUT2D eigenvalue weighted by atomic mass is 10.1. The molecule has 0 bridgehead atoms. The molecule has 2 N–H and O–H groups in total. The van der Waals surface area contributed by atoms with Crippen molar-refractivity contribution in [3.05, 3.63) is 53.1 Å². The Morgan fingerprint density at radius 1 is 0.966 bits per heavy atom. The van der Waals surface area contributed by atoms with Gasteiger partial charge >= 0.3 is 0 Å². The minimum absolute atomic E-state index is 0.0770. The summed E-state index contributed by atoms with van der Waals surface area (Å²) >= 11 is 6.02. The number of halogens is 1. The first kappa shape index (κ1) is 21.6. The standard InChI is InChI=1S/C18H20ClN3O5S2/c1-20-28(24,25)14-5-4-6-15(12-14)29(26,27)21-17-8-7-13(19)11-16(17)18(23)22-9-2-3-10-22/h4-8,11-12,20-21H,2-3,9-10H2,1H3. The summed E-state index contributed by atoms with van der Waals surface area (Å²) in [5.41, 5.74) is 0.218. The van der Waals surface area contributed by atoms with Gasteiger partial charge in [-0.2, -0.15) is 0 Å². The van der Waals surface area contributed by atoms with E-state index in [4.69, 9.17) is 11.6 Å². The largest absolute Gasteiger partial charge is 0.339 e. The Morgan fingerprint density at radius 3 is 2.21 bits per heavy atom. The van der Waals surface area contributed by atoms with Crippen LogP contribution < -0.4 is 9.44 Å². The van der Waals surface area contributed by atoms with Crippen molar-refractivity contribution in [2.45, 2.75) is 22.6 Å². The van der Waals surface area contributed by atoms with Gasteiger partial charge in [0.05, 0.1) is 21.0 Å². The van der Waals surface area contributed by atoms with Gasteiger partial charge in [-0.15, -0.1) is 0 Å². The summed E-state index contributed by atoms with van der Waals surface area (Å²) in [5.74, 6) is -0.311. The van der Waals surface area contributed by atoms with Crippen molar-refractivity contribution in [2.75, 3.05) is 24.9 Å². The van der Waals surface area contributed by atoms with Crippen LogP contribution in [0, 0.1) is 0 Å². The molecule has 156 valence electrons. The molecule has 3 rings (SSSR count). The minimum Gasteiger partial charge on any atom is -0.339 e. The van der Waals surface area contributed by atoms with Crippen LogP contribution in [-0.2, 0) is 20.0 Å². The smallest absolute Gasteiger partial charge is 0.261 e. The predicted octanol–water partition coefficient (Wildman–Crippen LogP) is 2.28. The Bertz CT molecular complexity index is 1140. The van der Waals surface area contributed by atoms with Gasteiger partial charge in [-0.25, -0.2) is 21.6 Å². The number of rotatable bonds is 6. The number of carbonyl (C=O) groups is 1. The number of likely N-dealkylation sites (tertiary alicyclic amines) is 1. The molecule has 1 aliphatic rings. The van der Waals surface area contributed by atoms with Crippen molar-refractivity contribution in [2.24, 2.45) is 0 Å². The van der Waals surface area contributed by atoms with Crippen LogP contribution in [-0.4, -0.2) is 47.8 Å². The van der Waals surface area contributed by atoms with E-state index >= 15 is 0 Å². The van der Waals surface area contributed by atoms with Gasteiger partial charge in [0.1, 0.15) is 0 Å². The Balaban J connectivity index is 1.97. The van der Waals surface area contributed by atoms with Crippen LogP contribution in [0.5, 0.6) is 0 Å². The topological polar surface area (TPSA) is 113 Å². The van der Waals surface area contributed by atoms with Crippen molar-refractivity contribution < 1.29 is 21.6 Å². The zero-order valence-corrected chi connectivity index (χ0v) is 17.9. The highest BCUT2D eigenvalue weighted by molar-refractivity contribution is 7.93. The second kappa shape index (κ2) is 8.31. The van der Waals surface area contributed by atoms with Gasteiger partial charge in [-0.1, -0.05) is 17.7 Å². The van der Waals surface area contributed by atoms with E-state index in [9.17, 15) is 21.6 Å². The van der Waals surface area contributed by atoms with E-state index in [0.717, 1.165) is 18.9 Å². The van der Waals surface area contributed by atoms with E-state index in [0.29, 0.717) is 18.1 Å². The highest BCUT2D eigenvalue weighted by atomic mass is 35.5. The first-order valence-corrected chi connectivity index (χ1v) is 12.1. The second-order valence-corrected chi connectivity index (χ2v) is 10.5. The van der Waals surface area contributed by atoms with Crippen molar-refractivity contribution >= 4 is 43.2 Å². The fourth-order valence-electron chi connectivity index (χ4n) is 3.00. The molecule has 1 amide bonds. The van der Waals surface area contributed by atoms with Crippen LogP contribution in [0.3, 0.4) is 0 Å². The highest BCUT2D eigenvalue weighted by Gasteiger charge is 2.25. The average Bonchev–Trinajstić information content (AvgIpc) is 3.23.